The first-order valence-electron chi connectivity index (χ1n) is 9.22. The predicted octanol–water partition coefficient (Wildman–Crippen LogP) is 3.65. The van der Waals surface area contributed by atoms with Gasteiger partial charge >= 0.3 is 5.97 Å². The molecule has 0 bridgehead atoms. The van der Waals surface area contributed by atoms with Crippen molar-refractivity contribution >= 4 is 40.0 Å². The number of thiazole rings is 1. The van der Waals surface area contributed by atoms with Crippen molar-refractivity contribution in [1.29, 1.82) is 0 Å². The molecule has 0 saturated carbocycles. The number of hydrogen-bond acceptors (Lipinski definition) is 7. The van der Waals surface area contributed by atoms with Crippen LogP contribution < -0.4 is 5.32 Å². The highest BCUT2D eigenvalue weighted by molar-refractivity contribution is 8.14. The lowest BCUT2D eigenvalue weighted by Crippen LogP contribution is -2.30. The van der Waals surface area contributed by atoms with Crippen LogP contribution in [-0.4, -0.2) is 39.3 Å². The largest absolute Gasteiger partial charge is 0.462 e. The Labute approximate surface area is 169 Å². The van der Waals surface area contributed by atoms with E-state index in [1.165, 1.54) is 11.3 Å². The van der Waals surface area contributed by atoms with E-state index in [9.17, 15) is 9.59 Å². The maximum atomic E-state index is 12.1. The summed E-state index contributed by atoms with van der Waals surface area (Å²) in [5.41, 5.74) is 0.836. The van der Waals surface area contributed by atoms with Gasteiger partial charge in [0.15, 0.2) is 0 Å². The third-order valence-corrected chi connectivity index (χ3v) is 6.61. The third kappa shape index (κ3) is 6.60. The minimum Gasteiger partial charge on any atom is -0.462 e. The Bertz CT molecular complexity index is 713. The number of hydrogen-bond donors (Lipinski definition) is 1. The first-order chi connectivity index (χ1) is 12.6. The first kappa shape index (κ1) is 21.9. The molecule has 0 fully saturated rings. The highest BCUT2D eigenvalue weighted by atomic mass is 32.2. The van der Waals surface area contributed by atoms with Gasteiger partial charge in [0.25, 0.3) is 0 Å². The number of amides is 1. The van der Waals surface area contributed by atoms with E-state index >= 15 is 0 Å². The molecule has 0 saturated heterocycles. The molecule has 6 nitrogen and oxygen atoms in total. The van der Waals surface area contributed by atoms with Gasteiger partial charge in [-0.05, 0) is 26.7 Å². The molecule has 0 spiro atoms. The van der Waals surface area contributed by atoms with Crippen LogP contribution in [0, 0.1) is 11.8 Å². The zero-order valence-electron chi connectivity index (χ0n) is 16.9. The van der Waals surface area contributed by atoms with Crippen molar-refractivity contribution in [2.24, 2.45) is 16.8 Å². The van der Waals surface area contributed by atoms with Crippen LogP contribution in [0.15, 0.2) is 10.4 Å². The van der Waals surface area contributed by atoms with Gasteiger partial charge < -0.3 is 10.1 Å². The van der Waals surface area contributed by atoms with E-state index < -0.39 is 6.10 Å². The molecular formula is C19H29N3O3S2. The van der Waals surface area contributed by atoms with Crippen LogP contribution in [0.4, 0.5) is 0 Å². The van der Waals surface area contributed by atoms with Crippen LogP contribution in [0.5, 0.6) is 0 Å². The van der Waals surface area contributed by atoms with Crippen molar-refractivity contribution in [2.75, 3.05) is 5.75 Å². The first-order valence-corrected chi connectivity index (χ1v) is 11.1. The molecule has 0 radical (unpaired) electrons. The molecule has 1 aromatic rings. The summed E-state index contributed by atoms with van der Waals surface area (Å²) in [6, 6.07) is 0. The Morgan fingerprint density at radius 1 is 1.30 bits per heavy atom. The number of thioether (sulfide) groups is 1. The third-order valence-electron chi connectivity index (χ3n) is 4.34. The molecule has 1 aliphatic heterocycles. The summed E-state index contributed by atoms with van der Waals surface area (Å²) in [6.07, 6.45) is -0.303. The predicted molar refractivity (Wildman–Crippen MR) is 111 cm³/mol. The average Bonchev–Trinajstić information content (AvgIpc) is 3.17. The minimum absolute atomic E-state index is 0.0430. The molecule has 0 aromatic carbocycles. The van der Waals surface area contributed by atoms with Gasteiger partial charge in [0.2, 0.25) is 5.91 Å². The molecule has 27 heavy (non-hydrogen) atoms. The summed E-state index contributed by atoms with van der Waals surface area (Å²) in [5, 5.41) is 6.63. The van der Waals surface area contributed by atoms with E-state index in [0.29, 0.717) is 6.54 Å². The van der Waals surface area contributed by atoms with Gasteiger partial charge in [-0.3, -0.25) is 14.6 Å². The molecule has 0 unspecified atom stereocenters. The fraction of sp³-hybridized carbons (Fsp3) is 0.684. The standard InChI is InChI=1S/C19H29N3O3S2/c1-11(2)13(4)18(24)25-12(3)7-15(23)20-8-16-21-14(9-26-16)17-22-19(5,6)10-27-17/h9,11-13H,7-8,10H2,1-6H3,(H,20,23)/t12-,13+/m1/s1. The van der Waals surface area contributed by atoms with Crippen LogP contribution in [0.1, 0.15) is 58.7 Å². The minimum atomic E-state index is -0.447. The molecule has 2 atom stereocenters. The summed E-state index contributed by atoms with van der Waals surface area (Å²) in [6.45, 7) is 12.1. The second-order valence-corrected chi connectivity index (χ2v) is 9.81. The van der Waals surface area contributed by atoms with E-state index in [-0.39, 0.29) is 35.7 Å². The summed E-state index contributed by atoms with van der Waals surface area (Å²) >= 11 is 3.23. The number of carbonyl (C=O) groups is 2. The maximum absolute atomic E-state index is 12.1. The van der Waals surface area contributed by atoms with E-state index in [4.69, 9.17) is 4.74 Å². The SMILES string of the molecule is CC(C)[C@H](C)C(=O)O[C@H](C)CC(=O)NCc1nc(C2=NC(C)(C)CS2)cs1. The molecule has 1 N–H and O–H groups in total. The lowest BCUT2D eigenvalue weighted by molar-refractivity contribution is -0.155. The van der Waals surface area contributed by atoms with E-state index in [1.54, 1.807) is 18.7 Å². The Balaban J connectivity index is 1.78. The summed E-state index contributed by atoms with van der Waals surface area (Å²) < 4.78 is 5.36. The number of rotatable bonds is 8. The number of aromatic nitrogens is 1. The van der Waals surface area contributed by atoms with Gasteiger partial charge in [0.1, 0.15) is 21.8 Å². The van der Waals surface area contributed by atoms with Crippen molar-refractivity contribution in [2.45, 2.75) is 66.2 Å². The highest BCUT2D eigenvalue weighted by Gasteiger charge is 2.27. The summed E-state index contributed by atoms with van der Waals surface area (Å²) in [5.74, 6) is 0.583. The van der Waals surface area contributed by atoms with Gasteiger partial charge in [-0.15, -0.1) is 23.1 Å². The van der Waals surface area contributed by atoms with Gasteiger partial charge in [0, 0.05) is 11.1 Å². The molecule has 1 amide bonds. The maximum Gasteiger partial charge on any atom is 0.309 e. The molecule has 1 aromatic heterocycles. The molecule has 150 valence electrons. The molecule has 1 aliphatic rings. The Kier molecular flexibility index (Phi) is 7.45. The molecule has 2 heterocycles. The Morgan fingerprint density at radius 2 is 2.00 bits per heavy atom. The summed E-state index contributed by atoms with van der Waals surface area (Å²) in [4.78, 5) is 33.3. The van der Waals surface area contributed by atoms with E-state index in [2.05, 4.69) is 29.1 Å². The number of nitrogens with one attached hydrogen (secondary N) is 1. The van der Waals surface area contributed by atoms with Crippen molar-refractivity contribution in [3.63, 3.8) is 0 Å². The zero-order chi connectivity index (χ0) is 20.2. The lowest BCUT2D eigenvalue weighted by atomic mass is 9.98. The van der Waals surface area contributed by atoms with Crippen LogP contribution in [0.3, 0.4) is 0 Å². The van der Waals surface area contributed by atoms with Crippen LogP contribution in [0.2, 0.25) is 0 Å². The monoisotopic (exact) mass is 411 g/mol. The zero-order valence-corrected chi connectivity index (χ0v) is 18.5. The van der Waals surface area contributed by atoms with Crippen molar-refractivity contribution in [3.8, 4) is 0 Å². The normalized spacial score (nSPS) is 18.1. The number of carbonyl (C=O) groups excluding carboxylic acids is 2. The second-order valence-electron chi connectivity index (χ2n) is 7.91. The van der Waals surface area contributed by atoms with Crippen LogP contribution in [-0.2, 0) is 20.9 Å². The quantitative estimate of drug-likeness (QED) is 0.661. The van der Waals surface area contributed by atoms with Crippen LogP contribution >= 0.6 is 23.1 Å². The second kappa shape index (κ2) is 9.19. The van der Waals surface area contributed by atoms with Gasteiger partial charge in [-0.2, -0.15) is 0 Å². The van der Waals surface area contributed by atoms with Crippen molar-refractivity contribution in [1.82, 2.24) is 10.3 Å². The van der Waals surface area contributed by atoms with Crippen molar-refractivity contribution < 1.29 is 14.3 Å². The smallest absolute Gasteiger partial charge is 0.309 e. The summed E-state index contributed by atoms with van der Waals surface area (Å²) in [7, 11) is 0. The average molecular weight is 412 g/mol. The van der Waals surface area contributed by atoms with E-state index in [0.717, 1.165) is 21.5 Å². The molecule has 2 rings (SSSR count). The van der Waals surface area contributed by atoms with E-state index in [1.807, 2.05) is 26.2 Å². The molecule has 0 aliphatic carbocycles. The fourth-order valence-corrected chi connectivity index (χ4v) is 4.24. The molecule has 8 heteroatoms. The van der Waals surface area contributed by atoms with Gasteiger partial charge in [0.05, 0.1) is 24.4 Å². The van der Waals surface area contributed by atoms with Gasteiger partial charge in [-0.1, -0.05) is 20.8 Å². The van der Waals surface area contributed by atoms with Gasteiger partial charge in [-0.25, -0.2) is 4.98 Å². The number of aliphatic imine (C=N–C) groups is 1. The number of nitrogens with zero attached hydrogens (tertiary/aromatic N) is 2. The lowest BCUT2D eigenvalue weighted by Gasteiger charge is -2.18. The highest BCUT2D eigenvalue weighted by Crippen LogP contribution is 2.30. The Morgan fingerprint density at radius 3 is 2.59 bits per heavy atom. The van der Waals surface area contributed by atoms with Crippen LogP contribution in [0.25, 0.3) is 0 Å². The Hall–Kier alpha value is -1.41. The topological polar surface area (TPSA) is 80.7 Å². The van der Waals surface area contributed by atoms with Crippen molar-refractivity contribution in [3.05, 3.63) is 16.1 Å². The molecular weight excluding hydrogens is 382 g/mol. The number of esters is 1. The fourth-order valence-electron chi connectivity index (χ4n) is 2.33. The number of ether oxygens (including phenoxy) is 1.